The smallest absolute Gasteiger partial charge is 0.409 e. The first-order valence-corrected chi connectivity index (χ1v) is 6.99. The summed E-state index contributed by atoms with van der Waals surface area (Å²) in [5.74, 6) is 2.04. The number of methoxy groups -OCH3 is 1. The molecule has 2 atom stereocenters. The molecule has 0 aromatic heterocycles. The molecule has 0 aliphatic carbocycles. The summed E-state index contributed by atoms with van der Waals surface area (Å²) in [6.45, 7) is 3.52. The highest BCUT2D eigenvalue weighted by atomic mass is 16.6. The highest BCUT2D eigenvalue weighted by Crippen LogP contribution is 2.44. The maximum Gasteiger partial charge on any atom is 0.409 e. The highest BCUT2D eigenvalue weighted by Gasteiger charge is 2.40. The molecule has 2 aliphatic heterocycles. The summed E-state index contributed by atoms with van der Waals surface area (Å²) < 4.78 is 16.3. The predicted molar refractivity (Wildman–Crippen MR) is 73.4 cm³/mol. The number of carbonyl (C=O) groups is 1. The lowest BCUT2D eigenvalue weighted by Gasteiger charge is -2.33. The number of amides is 1. The zero-order chi connectivity index (χ0) is 14.1. The Labute approximate surface area is 118 Å². The van der Waals surface area contributed by atoms with Crippen LogP contribution in [-0.2, 0) is 4.74 Å². The van der Waals surface area contributed by atoms with Gasteiger partial charge in [-0.1, -0.05) is 6.07 Å². The average molecular weight is 277 g/mol. The second kappa shape index (κ2) is 5.23. The van der Waals surface area contributed by atoms with Gasteiger partial charge in [0.1, 0.15) is 17.6 Å². The number of hydrogen-bond acceptors (Lipinski definition) is 4. The zero-order valence-corrected chi connectivity index (χ0v) is 11.8. The minimum atomic E-state index is -0.247. The molecule has 3 rings (SSSR count). The second-order valence-corrected chi connectivity index (χ2v) is 5.10. The van der Waals surface area contributed by atoms with E-state index in [1.807, 2.05) is 19.1 Å². The fourth-order valence-electron chi connectivity index (χ4n) is 2.99. The highest BCUT2D eigenvalue weighted by molar-refractivity contribution is 5.68. The molecular formula is C15H19NO4. The van der Waals surface area contributed by atoms with Gasteiger partial charge in [-0.25, -0.2) is 4.79 Å². The molecular weight excluding hydrogens is 258 g/mol. The monoisotopic (exact) mass is 277 g/mol. The number of piperidine rings is 1. The van der Waals surface area contributed by atoms with Gasteiger partial charge < -0.3 is 19.1 Å². The molecule has 0 saturated carbocycles. The van der Waals surface area contributed by atoms with Crippen molar-refractivity contribution in [3.8, 4) is 11.5 Å². The predicted octanol–water partition coefficient (Wildman–Crippen LogP) is 2.40. The molecule has 0 bridgehead atoms. The van der Waals surface area contributed by atoms with Gasteiger partial charge in [-0.05, 0) is 19.4 Å². The van der Waals surface area contributed by atoms with Crippen LogP contribution in [0.1, 0.15) is 24.8 Å². The summed E-state index contributed by atoms with van der Waals surface area (Å²) in [4.78, 5) is 13.5. The van der Waals surface area contributed by atoms with Gasteiger partial charge in [0.25, 0.3) is 0 Å². The molecule has 2 heterocycles. The van der Waals surface area contributed by atoms with Crippen LogP contribution in [0.4, 0.5) is 4.79 Å². The van der Waals surface area contributed by atoms with E-state index in [4.69, 9.17) is 14.2 Å². The van der Waals surface area contributed by atoms with Crippen LogP contribution >= 0.6 is 0 Å². The van der Waals surface area contributed by atoms with Crippen molar-refractivity contribution in [1.82, 2.24) is 4.90 Å². The average Bonchev–Trinajstić information content (AvgIpc) is 2.83. The number of nitrogens with zero attached hydrogens (tertiary/aromatic N) is 1. The van der Waals surface area contributed by atoms with Crippen LogP contribution in [0, 0.1) is 0 Å². The largest absolute Gasteiger partial charge is 0.497 e. The number of hydrogen-bond donors (Lipinski definition) is 0. The molecule has 1 aromatic rings. The van der Waals surface area contributed by atoms with Gasteiger partial charge in [0, 0.05) is 24.1 Å². The van der Waals surface area contributed by atoms with Crippen molar-refractivity contribution in [3.63, 3.8) is 0 Å². The maximum atomic E-state index is 11.8. The van der Waals surface area contributed by atoms with E-state index < -0.39 is 0 Å². The number of rotatable bonds is 2. The topological polar surface area (TPSA) is 48.0 Å². The number of likely N-dealkylation sites (tertiary alicyclic amines) is 1. The molecule has 0 radical (unpaired) electrons. The first kappa shape index (κ1) is 13.1. The normalized spacial score (nSPS) is 23.6. The van der Waals surface area contributed by atoms with Gasteiger partial charge >= 0.3 is 6.09 Å². The van der Waals surface area contributed by atoms with Crippen molar-refractivity contribution in [2.24, 2.45) is 0 Å². The van der Waals surface area contributed by atoms with Gasteiger partial charge in [-0.15, -0.1) is 0 Å². The first-order valence-electron chi connectivity index (χ1n) is 6.99. The van der Waals surface area contributed by atoms with E-state index >= 15 is 0 Å². The molecule has 108 valence electrons. The van der Waals surface area contributed by atoms with Crippen LogP contribution in [0.3, 0.4) is 0 Å². The summed E-state index contributed by atoms with van der Waals surface area (Å²) in [5.41, 5.74) is 1.22. The standard InChI is InChI=1S/C15H19NO4/c1-3-19-15(17)16-7-6-12-11-5-4-10(18-2)8-13(11)20-14(12)9-16/h4-5,8,12,14H,3,6-7,9H2,1-2H3/t12-,14-/m0/s1. The Hall–Kier alpha value is -1.91. The van der Waals surface area contributed by atoms with Crippen molar-refractivity contribution >= 4 is 6.09 Å². The lowest BCUT2D eigenvalue weighted by atomic mass is 9.89. The molecule has 0 N–H and O–H groups in total. The van der Waals surface area contributed by atoms with E-state index in [2.05, 4.69) is 6.07 Å². The van der Waals surface area contributed by atoms with Crippen LogP contribution in [0.25, 0.3) is 0 Å². The molecule has 1 aromatic carbocycles. The Morgan fingerprint density at radius 2 is 2.35 bits per heavy atom. The van der Waals surface area contributed by atoms with Crippen LogP contribution in [0.5, 0.6) is 11.5 Å². The molecule has 20 heavy (non-hydrogen) atoms. The molecule has 1 fully saturated rings. The Balaban J connectivity index is 1.74. The minimum absolute atomic E-state index is 0.0234. The first-order chi connectivity index (χ1) is 9.72. The van der Waals surface area contributed by atoms with Crippen molar-refractivity contribution in [2.45, 2.75) is 25.4 Å². The fraction of sp³-hybridized carbons (Fsp3) is 0.533. The van der Waals surface area contributed by atoms with Gasteiger partial charge in [-0.3, -0.25) is 0 Å². The van der Waals surface area contributed by atoms with Gasteiger partial charge in [0.05, 0.1) is 20.3 Å². The van der Waals surface area contributed by atoms with Gasteiger partial charge in [0.15, 0.2) is 0 Å². The van der Waals surface area contributed by atoms with Crippen molar-refractivity contribution in [3.05, 3.63) is 23.8 Å². The summed E-state index contributed by atoms with van der Waals surface area (Å²) in [7, 11) is 1.65. The molecule has 1 amide bonds. The maximum absolute atomic E-state index is 11.8. The van der Waals surface area contributed by atoms with Crippen molar-refractivity contribution in [1.29, 1.82) is 0 Å². The van der Waals surface area contributed by atoms with Gasteiger partial charge in [0.2, 0.25) is 0 Å². The molecule has 0 unspecified atom stereocenters. The third-order valence-corrected chi connectivity index (χ3v) is 3.98. The van der Waals surface area contributed by atoms with E-state index in [0.29, 0.717) is 19.1 Å². The Kier molecular flexibility index (Phi) is 3.42. The number of carbonyl (C=O) groups excluding carboxylic acids is 1. The van der Waals surface area contributed by atoms with E-state index in [1.54, 1.807) is 12.0 Å². The summed E-state index contributed by atoms with van der Waals surface area (Å²) in [5, 5.41) is 0. The lowest BCUT2D eigenvalue weighted by molar-refractivity contribution is 0.0623. The summed E-state index contributed by atoms with van der Waals surface area (Å²) in [6, 6.07) is 5.95. The molecule has 5 nitrogen and oxygen atoms in total. The van der Waals surface area contributed by atoms with Crippen molar-refractivity contribution in [2.75, 3.05) is 26.8 Å². The SMILES string of the molecule is CCOC(=O)N1CC[C@H]2c3ccc(OC)cc3O[C@H]2C1. The molecule has 1 saturated heterocycles. The summed E-state index contributed by atoms with van der Waals surface area (Å²) >= 11 is 0. The quantitative estimate of drug-likeness (QED) is 0.833. The van der Waals surface area contributed by atoms with Crippen molar-refractivity contribution < 1.29 is 19.0 Å². The van der Waals surface area contributed by atoms with Gasteiger partial charge in [-0.2, -0.15) is 0 Å². The van der Waals surface area contributed by atoms with E-state index in [1.165, 1.54) is 5.56 Å². The number of ether oxygens (including phenoxy) is 3. The van der Waals surface area contributed by atoms with Crippen LogP contribution < -0.4 is 9.47 Å². The third-order valence-electron chi connectivity index (χ3n) is 3.98. The number of fused-ring (bicyclic) bond motifs is 3. The van der Waals surface area contributed by atoms with Crippen LogP contribution in [0.2, 0.25) is 0 Å². The third kappa shape index (κ3) is 2.17. The second-order valence-electron chi connectivity index (χ2n) is 5.10. The Morgan fingerprint density at radius 3 is 3.10 bits per heavy atom. The van der Waals surface area contributed by atoms with Crippen LogP contribution in [-0.4, -0.2) is 43.9 Å². The molecule has 5 heteroatoms. The number of benzene rings is 1. The molecule has 0 spiro atoms. The lowest BCUT2D eigenvalue weighted by Crippen LogP contribution is -2.46. The van der Waals surface area contributed by atoms with E-state index in [9.17, 15) is 4.79 Å². The summed E-state index contributed by atoms with van der Waals surface area (Å²) in [6.07, 6.45) is 0.682. The van der Waals surface area contributed by atoms with E-state index in [0.717, 1.165) is 24.5 Å². The Morgan fingerprint density at radius 1 is 1.50 bits per heavy atom. The fourth-order valence-corrected chi connectivity index (χ4v) is 2.99. The Bertz CT molecular complexity index is 517. The zero-order valence-electron chi connectivity index (χ0n) is 11.8. The van der Waals surface area contributed by atoms with E-state index in [-0.39, 0.29) is 12.2 Å². The van der Waals surface area contributed by atoms with Crippen LogP contribution in [0.15, 0.2) is 18.2 Å². The minimum Gasteiger partial charge on any atom is -0.497 e. The molecule has 2 aliphatic rings.